The molecule has 0 rings (SSSR count). The Morgan fingerprint density at radius 2 is 1.83 bits per heavy atom. The Hall–Kier alpha value is -1.39. The summed E-state index contributed by atoms with van der Waals surface area (Å²) in [7, 11) is -3.50. The standard InChI is InChI=1S/C8H17N3O6S/c9-18(15,16)5-1-2-10-8(14)11-3-4-17-6-7(12)13/h1-6H2,(H,12,13)(H2,9,15,16)(H2,10,11,14). The van der Waals surface area contributed by atoms with E-state index in [9.17, 15) is 18.0 Å². The van der Waals surface area contributed by atoms with E-state index in [0.717, 1.165) is 0 Å². The molecule has 0 saturated heterocycles. The number of nitrogens with one attached hydrogen (secondary N) is 2. The van der Waals surface area contributed by atoms with Gasteiger partial charge in [-0.25, -0.2) is 23.1 Å². The maximum atomic E-state index is 11.1. The van der Waals surface area contributed by atoms with E-state index in [-0.39, 0.29) is 31.9 Å². The van der Waals surface area contributed by atoms with Gasteiger partial charge in [0.15, 0.2) is 0 Å². The Kier molecular flexibility index (Phi) is 8.00. The van der Waals surface area contributed by atoms with Crippen LogP contribution in [0.25, 0.3) is 0 Å². The molecule has 9 nitrogen and oxygen atoms in total. The second kappa shape index (κ2) is 8.66. The summed E-state index contributed by atoms with van der Waals surface area (Å²) >= 11 is 0. The maximum Gasteiger partial charge on any atom is 0.329 e. The van der Waals surface area contributed by atoms with E-state index in [1.807, 2.05) is 0 Å². The Bertz CT molecular complexity index is 369. The smallest absolute Gasteiger partial charge is 0.329 e. The van der Waals surface area contributed by atoms with Crippen molar-refractivity contribution in [1.29, 1.82) is 0 Å². The number of carbonyl (C=O) groups is 2. The molecule has 0 aliphatic heterocycles. The van der Waals surface area contributed by atoms with E-state index in [4.69, 9.17) is 10.2 Å². The van der Waals surface area contributed by atoms with Gasteiger partial charge in [0.1, 0.15) is 6.61 Å². The SMILES string of the molecule is NS(=O)(=O)CCCNC(=O)NCCOCC(=O)O. The van der Waals surface area contributed by atoms with Crippen LogP contribution in [0.5, 0.6) is 0 Å². The van der Waals surface area contributed by atoms with Crippen LogP contribution in [0.1, 0.15) is 6.42 Å². The van der Waals surface area contributed by atoms with E-state index >= 15 is 0 Å². The molecule has 0 aromatic carbocycles. The van der Waals surface area contributed by atoms with Crippen molar-refractivity contribution in [2.45, 2.75) is 6.42 Å². The summed E-state index contributed by atoms with van der Waals surface area (Å²) in [6.07, 6.45) is 0.224. The number of amides is 2. The first-order valence-electron chi connectivity index (χ1n) is 5.13. The van der Waals surface area contributed by atoms with Gasteiger partial charge < -0.3 is 20.5 Å². The van der Waals surface area contributed by atoms with Crippen LogP contribution in [-0.2, 0) is 19.6 Å². The van der Waals surface area contributed by atoms with E-state index in [0.29, 0.717) is 0 Å². The average Bonchev–Trinajstić information content (AvgIpc) is 2.22. The van der Waals surface area contributed by atoms with E-state index in [2.05, 4.69) is 15.4 Å². The number of sulfonamides is 1. The molecule has 0 aliphatic carbocycles. The van der Waals surface area contributed by atoms with Gasteiger partial charge in [-0.3, -0.25) is 0 Å². The maximum absolute atomic E-state index is 11.1. The van der Waals surface area contributed by atoms with Crippen LogP contribution in [0.3, 0.4) is 0 Å². The molecule has 0 spiro atoms. The highest BCUT2D eigenvalue weighted by molar-refractivity contribution is 7.89. The molecule has 0 fully saturated rings. The van der Waals surface area contributed by atoms with Crippen molar-refractivity contribution in [3.8, 4) is 0 Å². The van der Waals surface area contributed by atoms with Crippen molar-refractivity contribution in [2.75, 3.05) is 32.1 Å². The third-order valence-electron chi connectivity index (χ3n) is 1.65. The van der Waals surface area contributed by atoms with Crippen molar-refractivity contribution < 1.29 is 27.9 Å². The Morgan fingerprint density at radius 1 is 1.22 bits per heavy atom. The molecule has 0 saturated carbocycles. The minimum Gasteiger partial charge on any atom is -0.480 e. The molecule has 5 N–H and O–H groups in total. The molecule has 0 aromatic heterocycles. The number of ether oxygens (including phenoxy) is 1. The van der Waals surface area contributed by atoms with Crippen molar-refractivity contribution in [3.05, 3.63) is 0 Å². The lowest BCUT2D eigenvalue weighted by Crippen LogP contribution is -2.38. The van der Waals surface area contributed by atoms with E-state index < -0.39 is 28.6 Å². The van der Waals surface area contributed by atoms with Crippen molar-refractivity contribution in [2.24, 2.45) is 5.14 Å². The predicted octanol–water partition coefficient (Wildman–Crippen LogP) is -1.93. The largest absolute Gasteiger partial charge is 0.480 e. The molecular weight excluding hydrogens is 266 g/mol. The third kappa shape index (κ3) is 12.7. The van der Waals surface area contributed by atoms with Crippen LogP contribution in [-0.4, -0.2) is 57.6 Å². The fraction of sp³-hybridized carbons (Fsp3) is 0.750. The second-order valence-corrected chi connectivity index (χ2v) is 5.08. The lowest BCUT2D eigenvalue weighted by atomic mass is 10.5. The summed E-state index contributed by atoms with van der Waals surface area (Å²) in [5.41, 5.74) is 0. The van der Waals surface area contributed by atoms with Crippen LogP contribution in [0.4, 0.5) is 4.79 Å². The van der Waals surface area contributed by atoms with Gasteiger partial charge in [0, 0.05) is 13.1 Å². The molecule has 0 heterocycles. The van der Waals surface area contributed by atoms with Gasteiger partial charge in [0.05, 0.1) is 12.4 Å². The number of carboxylic acids is 1. The molecule has 2 amide bonds. The highest BCUT2D eigenvalue weighted by Crippen LogP contribution is 1.83. The lowest BCUT2D eigenvalue weighted by Gasteiger charge is -2.07. The average molecular weight is 283 g/mol. The summed E-state index contributed by atoms with van der Waals surface area (Å²) in [6, 6.07) is -0.483. The first-order chi connectivity index (χ1) is 8.31. The first-order valence-corrected chi connectivity index (χ1v) is 6.84. The Balaban J connectivity index is 3.41. The van der Waals surface area contributed by atoms with E-state index in [1.165, 1.54) is 0 Å². The minimum atomic E-state index is -3.50. The highest BCUT2D eigenvalue weighted by Gasteiger charge is 2.03. The number of primary sulfonamides is 1. The minimum absolute atomic E-state index is 0.0803. The molecule has 0 unspecified atom stereocenters. The van der Waals surface area contributed by atoms with Gasteiger partial charge in [-0.05, 0) is 6.42 Å². The number of carbonyl (C=O) groups excluding carboxylic acids is 1. The lowest BCUT2D eigenvalue weighted by molar-refractivity contribution is -0.142. The molecule has 0 atom stereocenters. The van der Waals surface area contributed by atoms with Gasteiger partial charge in [-0.15, -0.1) is 0 Å². The van der Waals surface area contributed by atoms with Crippen molar-refractivity contribution in [3.63, 3.8) is 0 Å². The van der Waals surface area contributed by atoms with Crippen LogP contribution >= 0.6 is 0 Å². The molecule has 0 radical (unpaired) electrons. The molecule has 106 valence electrons. The first kappa shape index (κ1) is 16.6. The fourth-order valence-corrected chi connectivity index (χ4v) is 1.48. The molecule has 0 bridgehead atoms. The normalized spacial score (nSPS) is 10.9. The monoisotopic (exact) mass is 283 g/mol. The molecule has 18 heavy (non-hydrogen) atoms. The number of aliphatic carboxylic acids is 1. The third-order valence-corrected chi connectivity index (χ3v) is 2.51. The molecular formula is C8H17N3O6S. The zero-order chi connectivity index (χ0) is 14.0. The van der Waals surface area contributed by atoms with Gasteiger partial charge in [-0.1, -0.05) is 0 Å². The highest BCUT2D eigenvalue weighted by atomic mass is 32.2. The van der Waals surface area contributed by atoms with Gasteiger partial charge in [0.2, 0.25) is 10.0 Å². The number of nitrogens with two attached hydrogens (primary N) is 1. The van der Waals surface area contributed by atoms with Gasteiger partial charge in [0.25, 0.3) is 0 Å². The van der Waals surface area contributed by atoms with Gasteiger partial charge >= 0.3 is 12.0 Å². The quantitative estimate of drug-likeness (QED) is 0.362. The summed E-state index contributed by atoms with van der Waals surface area (Å²) in [6.45, 7) is 0.00110. The second-order valence-electron chi connectivity index (χ2n) is 3.35. The van der Waals surface area contributed by atoms with Crippen molar-refractivity contribution >= 4 is 22.0 Å². The number of hydrogen-bond donors (Lipinski definition) is 4. The predicted molar refractivity (Wildman–Crippen MR) is 62.4 cm³/mol. The summed E-state index contributed by atoms with van der Waals surface area (Å²) in [5, 5.41) is 17.8. The zero-order valence-corrected chi connectivity index (χ0v) is 10.5. The van der Waals surface area contributed by atoms with Crippen LogP contribution in [0.2, 0.25) is 0 Å². The van der Waals surface area contributed by atoms with Crippen molar-refractivity contribution in [1.82, 2.24) is 10.6 Å². The zero-order valence-electron chi connectivity index (χ0n) is 9.72. The molecule has 0 aliphatic rings. The van der Waals surface area contributed by atoms with Crippen LogP contribution in [0.15, 0.2) is 0 Å². The number of carboxylic acid groups (broad SMARTS) is 1. The fourth-order valence-electron chi connectivity index (χ4n) is 0.934. The summed E-state index contributed by atoms with van der Waals surface area (Å²) < 4.78 is 25.8. The molecule has 0 aromatic rings. The van der Waals surface area contributed by atoms with E-state index in [1.54, 1.807) is 0 Å². The number of hydrogen-bond acceptors (Lipinski definition) is 5. The number of urea groups is 1. The van der Waals surface area contributed by atoms with Gasteiger partial charge in [-0.2, -0.15) is 0 Å². The molecule has 10 heteroatoms. The van der Waals surface area contributed by atoms with Crippen LogP contribution in [0, 0.1) is 0 Å². The summed E-state index contributed by atoms with van der Waals surface area (Å²) in [4.78, 5) is 21.2. The number of rotatable bonds is 9. The Labute approximate surface area is 105 Å². The Morgan fingerprint density at radius 3 is 2.39 bits per heavy atom. The van der Waals surface area contributed by atoms with Crippen LogP contribution < -0.4 is 15.8 Å². The summed E-state index contributed by atoms with van der Waals surface area (Å²) in [5.74, 6) is -1.28. The topological polar surface area (TPSA) is 148 Å².